The first kappa shape index (κ1) is 31.1. The van der Waals surface area contributed by atoms with Crippen molar-refractivity contribution in [2.75, 3.05) is 27.2 Å². The lowest BCUT2D eigenvalue weighted by Gasteiger charge is -2.28. The minimum absolute atomic E-state index is 0.178. The van der Waals surface area contributed by atoms with Crippen LogP contribution in [-0.2, 0) is 10.1 Å². The lowest BCUT2D eigenvalue weighted by molar-refractivity contribution is -0.888. The van der Waals surface area contributed by atoms with Crippen molar-refractivity contribution in [3.05, 3.63) is 29.8 Å². The molecule has 188 valence electrons. The molecule has 0 bridgehead atoms. The third kappa shape index (κ3) is 18.6. The molecule has 0 heterocycles. The third-order valence-electron chi connectivity index (χ3n) is 6.28. The highest BCUT2D eigenvalue weighted by molar-refractivity contribution is 7.85. The number of quaternary nitrogens is 1. The minimum atomic E-state index is -4.27. The Morgan fingerprint density at radius 2 is 1.06 bits per heavy atom. The number of nitrogens with zero attached hydrogens (tertiary/aromatic N) is 1. The van der Waals surface area contributed by atoms with Crippen LogP contribution in [0.3, 0.4) is 0 Å². The highest BCUT2D eigenvalue weighted by Gasteiger charge is 2.09. The fourth-order valence-electron chi connectivity index (χ4n) is 3.60. The second-order valence-electron chi connectivity index (χ2n) is 9.84. The second-order valence-corrected chi connectivity index (χ2v) is 11.2. The summed E-state index contributed by atoms with van der Waals surface area (Å²) in [6, 6.07) is 5.78. The Kier molecular flexibility index (Phi) is 18.0. The van der Waals surface area contributed by atoms with Crippen LogP contribution in [0, 0.1) is 6.92 Å². The summed E-state index contributed by atoms with van der Waals surface area (Å²) >= 11 is 0. The highest BCUT2D eigenvalue weighted by Crippen LogP contribution is 2.13. The molecule has 0 N–H and O–H groups in total. The van der Waals surface area contributed by atoms with E-state index < -0.39 is 10.1 Å². The van der Waals surface area contributed by atoms with Gasteiger partial charge in [0.2, 0.25) is 0 Å². The molecule has 0 fully saturated rings. The van der Waals surface area contributed by atoms with Crippen molar-refractivity contribution >= 4 is 10.1 Å². The lowest BCUT2D eigenvalue weighted by Crippen LogP contribution is -2.39. The molecular formula is C27H51NO3S. The zero-order chi connectivity index (χ0) is 24.3. The largest absolute Gasteiger partial charge is 0.744 e. The zero-order valence-corrected chi connectivity index (χ0v) is 22.5. The average molecular weight is 470 g/mol. The fraction of sp³-hybridized carbons (Fsp3) is 0.778. The van der Waals surface area contributed by atoms with Crippen molar-refractivity contribution in [3.8, 4) is 0 Å². The average Bonchev–Trinajstić information content (AvgIpc) is 2.74. The van der Waals surface area contributed by atoms with Crippen molar-refractivity contribution in [1.82, 2.24) is 0 Å². The maximum Gasteiger partial charge on any atom is 0.124 e. The van der Waals surface area contributed by atoms with Gasteiger partial charge in [-0.15, -0.1) is 0 Å². The molecule has 1 aromatic rings. The number of aryl methyl sites for hydroxylation is 1. The summed E-state index contributed by atoms with van der Waals surface area (Å²) in [4.78, 5) is -0.178. The number of hydrogen-bond donors (Lipinski definition) is 0. The van der Waals surface area contributed by atoms with Crippen LogP contribution in [-0.4, -0.2) is 44.6 Å². The van der Waals surface area contributed by atoms with Crippen LogP contribution in [0.1, 0.15) is 109 Å². The van der Waals surface area contributed by atoms with Gasteiger partial charge in [-0.1, -0.05) is 102 Å². The first-order valence-corrected chi connectivity index (χ1v) is 14.4. The molecule has 0 radical (unpaired) electrons. The Bertz CT molecular complexity index is 654. The molecule has 0 saturated carbocycles. The predicted molar refractivity (Wildman–Crippen MR) is 137 cm³/mol. The van der Waals surface area contributed by atoms with E-state index in [1.807, 2.05) is 6.92 Å². The maximum atomic E-state index is 10.4. The van der Waals surface area contributed by atoms with E-state index in [4.69, 9.17) is 0 Å². The molecule has 0 aliphatic heterocycles. The van der Waals surface area contributed by atoms with E-state index in [1.54, 1.807) is 12.1 Å². The summed E-state index contributed by atoms with van der Waals surface area (Å²) in [6.45, 7) is 9.03. The molecule has 0 atom stereocenters. The summed E-state index contributed by atoms with van der Waals surface area (Å²) < 4.78 is 32.4. The lowest BCUT2D eigenvalue weighted by atomic mass is 10.0. The van der Waals surface area contributed by atoms with Gasteiger partial charge in [0.25, 0.3) is 0 Å². The van der Waals surface area contributed by atoms with E-state index in [1.165, 1.54) is 120 Å². The first-order valence-electron chi connectivity index (χ1n) is 13.0. The van der Waals surface area contributed by atoms with Crippen molar-refractivity contribution < 1.29 is 17.5 Å². The fourth-order valence-corrected chi connectivity index (χ4v) is 4.07. The normalized spacial score (nSPS) is 11.8. The van der Waals surface area contributed by atoms with Crippen molar-refractivity contribution in [2.24, 2.45) is 0 Å². The van der Waals surface area contributed by atoms with Crippen molar-refractivity contribution in [2.45, 2.75) is 116 Å². The molecule has 0 aliphatic rings. The quantitative estimate of drug-likeness (QED) is 0.135. The van der Waals surface area contributed by atoms with Crippen LogP contribution in [0.2, 0.25) is 0 Å². The van der Waals surface area contributed by atoms with E-state index >= 15 is 0 Å². The van der Waals surface area contributed by atoms with Gasteiger partial charge >= 0.3 is 0 Å². The summed E-state index contributed by atoms with van der Waals surface area (Å²) in [7, 11) is 0.429. The molecular weight excluding hydrogens is 418 g/mol. The topological polar surface area (TPSA) is 57.2 Å². The zero-order valence-electron chi connectivity index (χ0n) is 21.7. The van der Waals surface area contributed by atoms with Gasteiger partial charge in [-0.2, -0.15) is 0 Å². The third-order valence-corrected chi connectivity index (χ3v) is 7.13. The number of rotatable bonds is 17. The molecule has 5 heteroatoms. The van der Waals surface area contributed by atoms with Gasteiger partial charge in [0.05, 0.1) is 32.1 Å². The smallest absolute Gasteiger partial charge is 0.124 e. The number of hydrogen-bond acceptors (Lipinski definition) is 3. The van der Waals surface area contributed by atoms with Gasteiger partial charge in [0, 0.05) is 0 Å². The van der Waals surface area contributed by atoms with Crippen LogP contribution >= 0.6 is 0 Å². The van der Waals surface area contributed by atoms with Crippen molar-refractivity contribution in [3.63, 3.8) is 0 Å². The summed E-state index contributed by atoms with van der Waals surface area (Å²) in [6.07, 6.45) is 20.4. The van der Waals surface area contributed by atoms with E-state index in [-0.39, 0.29) is 4.90 Å². The molecule has 0 unspecified atom stereocenters. The van der Waals surface area contributed by atoms with Gasteiger partial charge in [-0.25, -0.2) is 8.42 Å². The van der Waals surface area contributed by atoms with E-state index in [9.17, 15) is 13.0 Å². The van der Waals surface area contributed by atoms with Crippen LogP contribution in [0.25, 0.3) is 0 Å². The molecule has 0 spiro atoms. The van der Waals surface area contributed by atoms with Gasteiger partial charge in [-0.05, 0) is 38.8 Å². The Morgan fingerprint density at radius 3 is 1.41 bits per heavy atom. The van der Waals surface area contributed by atoms with Crippen LogP contribution in [0.4, 0.5) is 0 Å². The summed E-state index contributed by atoms with van der Waals surface area (Å²) in [5, 5.41) is 0. The van der Waals surface area contributed by atoms with Gasteiger partial charge in [-0.3, -0.25) is 0 Å². The summed E-state index contributed by atoms with van der Waals surface area (Å²) in [5.74, 6) is 0. The van der Waals surface area contributed by atoms with E-state index in [2.05, 4.69) is 27.9 Å². The number of benzene rings is 1. The Hall–Kier alpha value is -0.910. The predicted octanol–water partition coefficient (Wildman–Crippen LogP) is 7.46. The van der Waals surface area contributed by atoms with Crippen LogP contribution in [0.15, 0.2) is 29.2 Å². The molecule has 0 saturated heterocycles. The molecule has 1 rings (SSSR count). The molecule has 4 nitrogen and oxygen atoms in total. The Labute approximate surface area is 200 Å². The SMILES string of the molecule is CCCCCCCCCCCCCCCC[N+](C)(C)CC.Cc1ccc(S(=O)(=O)[O-])cc1. The Balaban J connectivity index is 0.000000726. The second kappa shape index (κ2) is 18.5. The van der Waals surface area contributed by atoms with Gasteiger partial charge < -0.3 is 9.04 Å². The van der Waals surface area contributed by atoms with E-state index in [0.717, 1.165) is 5.56 Å². The van der Waals surface area contributed by atoms with Crippen LogP contribution in [0.5, 0.6) is 0 Å². The van der Waals surface area contributed by atoms with Crippen molar-refractivity contribution in [1.29, 1.82) is 0 Å². The highest BCUT2D eigenvalue weighted by atomic mass is 32.2. The van der Waals surface area contributed by atoms with Gasteiger partial charge in [0.15, 0.2) is 0 Å². The maximum absolute atomic E-state index is 10.4. The molecule has 0 amide bonds. The molecule has 0 aliphatic carbocycles. The standard InChI is InChI=1S/C20H44N.C7H8O3S/c1-5-7-8-9-10-11-12-13-14-15-16-17-18-19-20-21(3,4)6-2;1-6-2-4-7(5-3-6)11(8,9)10/h5-20H2,1-4H3;2-5H,1H3,(H,8,9,10)/q+1;/p-1. The first-order chi connectivity index (χ1) is 15.1. The summed E-state index contributed by atoms with van der Waals surface area (Å²) in [5.41, 5.74) is 0.928. The van der Waals surface area contributed by atoms with Gasteiger partial charge in [0.1, 0.15) is 10.1 Å². The molecule has 32 heavy (non-hydrogen) atoms. The monoisotopic (exact) mass is 469 g/mol. The molecule has 0 aromatic heterocycles. The minimum Gasteiger partial charge on any atom is -0.744 e. The number of unbranched alkanes of at least 4 members (excludes halogenated alkanes) is 13. The Morgan fingerprint density at radius 1 is 0.688 bits per heavy atom. The van der Waals surface area contributed by atoms with Crippen LogP contribution < -0.4 is 0 Å². The van der Waals surface area contributed by atoms with E-state index in [0.29, 0.717) is 0 Å². The molecule has 1 aromatic carbocycles.